The van der Waals surface area contributed by atoms with Crippen molar-refractivity contribution in [3.8, 4) is 23.0 Å². The Labute approximate surface area is 710 Å². The number of hydrogen-bond donors (Lipinski definition) is 12. The van der Waals surface area contributed by atoms with E-state index in [1.165, 1.54) is 52.5 Å². The predicted molar refractivity (Wildman–Crippen MR) is 478 cm³/mol. The highest BCUT2D eigenvalue weighted by Crippen LogP contribution is 2.40. The number of rotatable bonds is 22. The van der Waals surface area contributed by atoms with Crippen LogP contribution in [0.2, 0.25) is 0 Å². The number of esters is 1. The van der Waals surface area contributed by atoms with E-state index in [0.29, 0.717) is 54.6 Å². The van der Waals surface area contributed by atoms with E-state index in [1.807, 2.05) is 218 Å². The fourth-order valence-electron chi connectivity index (χ4n) is 11.6. The highest BCUT2D eigenvalue weighted by atomic mass is 32.1. The van der Waals surface area contributed by atoms with Crippen LogP contribution in [0, 0.1) is 21.6 Å². The maximum atomic E-state index is 12.4. The largest absolute Gasteiger partial charge is 0.484 e. The molecule has 622 valence electrons. The number of ether oxygens (including phenoxy) is 8. The molecule has 0 spiro atoms. The molecular formula is C91H95N11O14S4. The van der Waals surface area contributed by atoms with Crippen molar-refractivity contribution in [2.24, 2.45) is 11.5 Å². The molecule has 4 aromatic heterocycles. The summed E-state index contributed by atoms with van der Waals surface area (Å²) in [6.07, 6.45) is -4.10. The summed E-state index contributed by atoms with van der Waals surface area (Å²) in [6.45, 7) is 16.4. The molecule has 4 unspecified atom stereocenters. The first-order valence-corrected chi connectivity index (χ1v) is 41.1. The predicted octanol–water partition coefficient (Wildman–Crippen LogP) is 19.9. The van der Waals surface area contributed by atoms with Crippen molar-refractivity contribution in [3.63, 3.8) is 0 Å². The molecule has 0 bridgehead atoms. The van der Waals surface area contributed by atoms with Gasteiger partial charge in [-0.1, -0.05) is 164 Å². The number of carbonyl (C=O) groups is 5. The smallest absolute Gasteiger partial charge is 0.413 e. The van der Waals surface area contributed by atoms with Crippen LogP contribution in [-0.2, 0) is 23.7 Å². The van der Waals surface area contributed by atoms with Gasteiger partial charge in [-0.05, 0) is 164 Å². The molecule has 4 heterocycles. The molecule has 25 nitrogen and oxygen atoms in total. The molecule has 0 fully saturated rings. The van der Waals surface area contributed by atoms with Crippen LogP contribution in [0.4, 0.5) is 24.9 Å². The summed E-state index contributed by atoms with van der Waals surface area (Å²) in [4.78, 5) is 63.1. The second-order valence-corrected chi connectivity index (χ2v) is 34.0. The summed E-state index contributed by atoms with van der Waals surface area (Å²) < 4.78 is 49.0. The Bertz CT molecular complexity index is 5550. The number of aliphatic hydroxyl groups excluding tert-OH is 1. The van der Waals surface area contributed by atoms with Gasteiger partial charge in [-0.3, -0.25) is 37.6 Å². The van der Waals surface area contributed by atoms with Crippen LogP contribution in [0.1, 0.15) is 128 Å². The molecule has 0 aliphatic carbocycles. The second kappa shape index (κ2) is 41.4. The van der Waals surface area contributed by atoms with Crippen LogP contribution < -0.4 is 57.0 Å². The van der Waals surface area contributed by atoms with Crippen LogP contribution in [0.25, 0.3) is 40.3 Å². The minimum Gasteiger partial charge on any atom is -0.484 e. The molecule has 4 atom stereocenters. The monoisotopic (exact) mass is 1690 g/mol. The molecule has 5 amide bonds. The second-order valence-electron chi connectivity index (χ2n) is 29.6. The van der Waals surface area contributed by atoms with Crippen LogP contribution in [0.5, 0.6) is 23.0 Å². The number of benzene rings is 9. The number of aliphatic hydroxyl groups is 1. The van der Waals surface area contributed by atoms with Crippen molar-refractivity contribution >= 4 is 145 Å². The molecular weight excluding hydrogens is 1600 g/mol. The Morgan fingerprint density at radius 3 is 1.05 bits per heavy atom. The SMILES string of the molecule is CC(C)(C)OC(=O)NC(=N)c1cc2c(OC(CN)c3ccccc3)cccc2s1.CC(C)(C)OC(=O)NC(=N)c1cc2c(OC(CO)c3ccccc3)cccc2s1.COC(=O)C(Oc1cccc2sc(C(=N)NC(=O)OC(C)(C)C)cc12)c1ccccc1.N=C(N)c1cc2c(OC(CNC(=O)Nc3ccccc3)c3ccccc3)cccc2s1. The van der Waals surface area contributed by atoms with Gasteiger partial charge in [0.2, 0.25) is 6.10 Å². The lowest BCUT2D eigenvalue weighted by molar-refractivity contribution is -0.149. The number of amides is 5. The molecule has 29 heteroatoms. The Morgan fingerprint density at radius 2 is 0.708 bits per heavy atom. The van der Waals surface area contributed by atoms with Crippen LogP contribution in [0.3, 0.4) is 0 Å². The van der Waals surface area contributed by atoms with E-state index >= 15 is 0 Å². The van der Waals surface area contributed by atoms with Crippen molar-refractivity contribution < 1.29 is 67.0 Å². The summed E-state index contributed by atoms with van der Waals surface area (Å²) in [7, 11) is 1.31. The van der Waals surface area contributed by atoms with Gasteiger partial charge < -0.3 is 65.1 Å². The van der Waals surface area contributed by atoms with Crippen LogP contribution in [0.15, 0.2) is 249 Å². The Morgan fingerprint density at radius 1 is 0.400 bits per heavy atom. The van der Waals surface area contributed by atoms with Gasteiger partial charge in [-0.15, -0.1) is 45.3 Å². The topological polar surface area (TPSA) is 387 Å². The molecule has 0 aliphatic rings. The molecule has 9 aromatic carbocycles. The quantitative estimate of drug-likeness (QED) is 0.0130. The Hall–Kier alpha value is -13.0. The number of alkyl carbamates (subject to hydrolysis) is 3. The summed E-state index contributed by atoms with van der Waals surface area (Å²) >= 11 is 5.55. The fourth-order valence-corrected chi connectivity index (χ4v) is 15.5. The standard InChI is InChI=1S/C24H22N4O2S.C23H24N2O5S.C22H25N3O3S.C22H24N2O4S/c25-23(26)22-14-18-19(12-7-13-21(18)31-22)30-20(16-8-3-1-4-9-16)15-27-24(29)28-17-10-5-2-6-11-17;1-23(2,3)30-22(27)25-20(24)18-13-15-16(11-8-12-17(15)31-18)29-19(21(26)28-4)14-9-6-5-7-10-14;1-22(2,3)28-21(26)25-20(24)19-12-15-16(10-7-11-18(15)29-19)27-17(13-23)14-8-5-4-6-9-14;1-22(2,3)28-21(26)24-20(23)19-12-15-16(10-7-11-18(15)29-19)27-17(13-25)14-8-5-4-6-9-14/h1-14,20H,15H2,(H3,25,26)(H2,27,28,29);5-13,19H,1-4H3,(H2,24,25,27);4-12,17H,13,23H2,1-3H3,(H2,24,25,26);4-12,17,25H,13H2,1-3H3,(H2,23,24,26). The van der Waals surface area contributed by atoms with Crippen molar-refractivity contribution in [1.29, 1.82) is 21.6 Å². The maximum Gasteiger partial charge on any atom is 0.413 e. The van der Waals surface area contributed by atoms with Gasteiger partial charge in [0.15, 0.2) is 0 Å². The van der Waals surface area contributed by atoms with Gasteiger partial charge in [0.1, 0.15) is 81.5 Å². The average Bonchev–Trinajstić information content (AvgIpc) is 1.66. The van der Waals surface area contributed by atoms with E-state index in [2.05, 4.69) is 26.6 Å². The number of anilines is 1. The zero-order chi connectivity index (χ0) is 86.3. The number of nitrogens with two attached hydrogens (primary N) is 2. The van der Waals surface area contributed by atoms with E-state index < -0.39 is 59.4 Å². The summed E-state index contributed by atoms with van der Waals surface area (Å²) in [6, 6.07) is 77.0. The number of methoxy groups -OCH3 is 1. The number of hydrogen-bond acceptors (Lipinski definition) is 23. The van der Waals surface area contributed by atoms with E-state index in [9.17, 15) is 29.1 Å². The number of thiophene rings is 4. The zero-order valence-electron chi connectivity index (χ0n) is 67.6. The maximum absolute atomic E-state index is 12.4. The normalized spacial score (nSPS) is 12.1. The van der Waals surface area contributed by atoms with Gasteiger partial charge in [0.05, 0.1) is 39.8 Å². The molecule has 14 N–H and O–H groups in total. The third-order valence-electron chi connectivity index (χ3n) is 16.9. The van der Waals surface area contributed by atoms with Crippen molar-refractivity contribution in [1.82, 2.24) is 21.3 Å². The third-order valence-corrected chi connectivity index (χ3v) is 21.4. The number of fused-ring (bicyclic) bond motifs is 4. The first-order valence-electron chi connectivity index (χ1n) is 37.9. The van der Waals surface area contributed by atoms with Gasteiger partial charge in [0, 0.05) is 58.1 Å². The zero-order valence-corrected chi connectivity index (χ0v) is 70.9. The van der Waals surface area contributed by atoms with Crippen LogP contribution >= 0.6 is 45.3 Å². The number of nitrogen functional groups attached to an aromatic ring is 1. The molecule has 120 heavy (non-hydrogen) atoms. The number of amidine groups is 4. The molecule has 0 radical (unpaired) electrons. The Kier molecular flexibility index (Phi) is 30.8. The van der Waals surface area contributed by atoms with E-state index in [1.54, 1.807) is 92.6 Å². The number of nitrogens with one attached hydrogen (secondary N) is 9. The fraction of sp³-hybridized carbons (Fsp3) is 0.220. The summed E-state index contributed by atoms with van der Waals surface area (Å²) in [5, 5.41) is 58.6. The molecule has 13 aromatic rings. The highest BCUT2D eigenvalue weighted by molar-refractivity contribution is 7.22. The van der Waals surface area contributed by atoms with Crippen molar-refractivity contribution in [2.75, 3.05) is 32.1 Å². The average molecular weight is 1700 g/mol. The van der Waals surface area contributed by atoms with E-state index in [-0.39, 0.29) is 48.6 Å². The number of carbonyl (C=O) groups excluding carboxylic acids is 5. The first-order chi connectivity index (χ1) is 57.3. The van der Waals surface area contributed by atoms with Crippen molar-refractivity contribution in [2.45, 2.75) is 104 Å². The van der Waals surface area contributed by atoms with E-state index in [0.717, 1.165) is 62.7 Å². The van der Waals surface area contributed by atoms with Gasteiger partial charge in [-0.25, -0.2) is 24.0 Å². The van der Waals surface area contributed by atoms with Crippen LogP contribution in [-0.4, -0.2) is 102 Å². The minimum atomic E-state index is -0.931. The summed E-state index contributed by atoms with van der Waals surface area (Å²) in [5.74, 6) is 1.85. The van der Waals surface area contributed by atoms with E-state index in [4.69, 9.17) is 71.0 Å². The molecule has 0 saturated heterocycles. The Balaban J connectivity index is 0.000000168. The molecule has 0 saturated carbocycles. The molecule has 13 rings (SSSR count). The lowest BCUT2D eigenvalue weighted by Crippen LogP contribution is -2.36. The number of para-hydroxylation sites is 1. The van der Waals surface area contributed by atoms with Gasteiger partial charge >= 0.3 is 30.3 Å². The van der Waals surface area contributed by atoms with Gasteiger partial charge in [0.25, 0.3) is 0 Å². The lowest BCUT2D eigenvalue weighted by atomic mass is 10.1. The van der Waals surface area contributed by atoms with Crippen molar-refractivity contribution in [3.05, 3.63) is 290 Å². The third kappa shape index (κ3) is 26.0. The highest BCUT2D eigenvalue weighted by Gasteiger charge is 2.28. The first kappa shape index (κ1) is 89.3. The van der Waals surface area contributed by atoms with Gasteiger partial charge in [-0.2, -0.15) is 0 Å². The number of urea groups is 1. The minimum absolute atomic E-state index is 0.00941. The lowest BCUT2D eigenvalue weighted by Gasteiger charge is -2.21. The molecule has 0 aliphatic heterocycles. The summed E-state index contributed by atoms with van der Waals surface area (Å²) in [5.41, 5.74) is 13.9.